The Morgan fingerprint density at radius 3 is 2.12 bits per heavy atom. The lowest BCUT2D eigenvalue weighted by Gasteiger charge is -2.25. The van der Waals surface area contributed by atoms with Crippen molar-refractivity contribution in [2.75, 3.05) is 13.7 Å². The van der Waals surface area contributed by atoms with E-state index in [1.807, 2.05) is 6.92 Å². The lowest BCUT2D eigenvalue weighted by atomic mass is 9.99. The van der Waals surface area contributed by atoms with E-state index in [4.69, 9.17) is 5.11 Å². The molecule has 2 nitrogen and oxygen atoms in total. The fraction of sp³-hybridized carbons (Fsp3) is 0.571. The van der Waals surface area contributed by atoms with Gasteiger partial charge in [0.1, 0.15) is 0 Å². The maximum atomic E-state index is 9.12. The van der Waals surface area contributed by atoms with Crippen LogP contribution in [0.4, 0.5) is 0 Å². The normalized spacial score (nSPS) is 13.2. The molecule has 1 N–H and O–H groups in total. The molecule has 0 aliphatic rings. The fourth-order valence-electron chi connectivity index (χ4n) is 2.00. The molecular formula is C14H23NO. The quantitative estimate of drug-likeness (QED) is 0.844. The van der Waals surface area contributed by atoms with Crippen molar-refractivity contribution in [2.24, 2.45) is 0 Å². The number of rotatable bonds is 4. The van der Waals surface area contributed by atoms with E-state index >= 15 is 0 Å². The van der Waals surface area contributed by atoms with E-state index in [0.717, 1.165) is 6.54 Å². The predicted octanol–water partition coefficient (Wildman–Crippen LogP) is 2.42. The fourth-order valence-corrected chi connectivity index (χ4v) is 2.00. The van der Waals surface area contributed by atoms with Gasteiger partial charge in [0, 0.05) is 12.6 Å². The third kappa shape index (κ3) is 3.06. The molecule has 0 saturated heterocycles. The predicted molar refractivity (Wildman–Crippen MR) is 68.7 cm³/mol. The number of hydrogen-bond acceptors (Lipinski definition) is 2. The third-order valence-corrected chi connectivity index (χ3v) is 3.26. The Morgan fingerprint density at radius 1 is 1.19 bits per heavy atom. The highest BCUT2D eigenvalue weighted by Gasteiger charge is 2.11. The van der Waals surface area contributed by atoms with E-state index in [9.17, 15) is 0 Å². The van der Waals surface area contributed by atoms with Crippen LogP contribution in [-0.2, 0) is 6.54 Å². The second-order valence-corrected chi connectivity index (χ2v) is 4.82. The van der Waals surface area contributed by atoms with Gasteiger partial charge in [-0.2, -0.15) is 0 Å². The molecule has 2 heteroatoms. The molecule has 0 spiro atoms. The molecule has 1 rings (SSSR count). The van der Waals surface area contributed by atoms with E-state index < -0.39 is 0 Å². The Morgan fingerprint density at radius 2 is 1.69 bits per heavy atom. The van der Waals surface area contributed by atoms with Crippen LogP contribution >= 0.6 is 0 Å². The van der Waals surface area contributed by atoms with Gasteiger partial charge in [-0.25, -0.2) is 0 Å². The summed E-state index contributed by atoms with van der Waals surface area (Å²) in [6.45, 7) is 9.60. The number of benzene rings is 1. The number of aliphatic hydroxyl groups excluding tert-OH is 1. The Hall–Kier alpha value is -0.860. The molecular weight excluding hydrogens is 198 g/mol. The monoisotopic (exact) mass is 221 g/mol. The number of aliphatic hydroxyl groups is 1. The molecule has 0 heterocycles. The van der Waals surface area contributed by atoms with E-state index in [1.54, 1.807) is 0 Å². The minimum atomic E-state index is 0.208. The molecule has 0 aliphatic carbocycles. The molecule has 0 amide bonds. The maximum absolute atomic E-state index is 9.12. The van der Waals surface area contributed by atoms with Crippen LogP contribution in [0.5, 0.6) is 0 Å². The second kappa shape index (κ2) is 5.46. The van der Waals surface area contributed by atoms with E-state index in [2.05, 4.69) is 44.9 Å². The summed E-state index contributed by atoms with van der Waals surface area (Å²) in [5.41, 5.74) is 5.38. The van der Waals surface area contributed by atoms with Crippen molar-refractivity contribution in [1.29, 1.82) is 0 Å². The van der Waals surface area contributed by atoms with Gasteiger partial charge >= 0.3 is 0 Å². The van der Waals surface area contributed by atoms with Crippen LogP contribution in [0.25, 0.3) is 0 Å². The minimum absolute atomic E-state index is 0.208. The van der Waals surface area contributed by atoms with Gasteiger partial charge in [-0.15, -0.1) is 0 Å². The van der Waals surface area contributed by atoms with Gasteiger partial charge in [0.25, 0.3) is 0 Å². The Bertz CT molecular complexity index is 337. The van der Waals surface area contributed by atoms with Crippen molar-refractivity contribution in [3.63, 3.8) is 0 Å². The lowest BCUT2D eigenvalue weighted by Crippen LogP contribution is -2.31. The van der Waals surface area contributed by atoms with Gasteiger partial charge in [0.2, 0.25) is 0 Å². The Kier molecular flexibility index (Phi) is 4.51. The van der Waals surface area contributed by atoms with Crippen molar-refractivity contribution in [3.8, 4) is 0 Å². The number of aryl methyl sites for hydroxylation is 3. The summed E-state index contributed by atoms with van der Waals surface area (Å²) in [5.74, 6) is 0. The molecule has 0 bridgehead atoms. The van der Waals surface area contributed by atoms with Gasteiger partial charge in [-0.05, 0) is 51.4 Å². The minimum Gasteiger partial charge on any atom is -0.395 e. The zero-order valence-corrected chi connectivity index (χ0v) is 11.0. The number of hydrogen-bond donors (Lipinski definition) is 1. The zero-order valence-electron chi connectivity index (χ0n) is 11.0. The molecule has 0 aliphatic heterocycles. The van der Waals surface area contributed by atoms with Crippen molar-refractivity contribution in [2.45, 2.75) is 40.3 Å². The van der Waals surface area contributed by atoms with Gasteiger partial charge in [-0.3, -0.25) is 4.90 Å². The smallest absolute Gasteiger partial charge is 0.0584 e. The Balaban J connectivity index is 2.89. The van der Waals surface area contributed by atoms with Gasteiger partial charge in [-0.1, -0.05) is 17.7 Å². The molecule has 1 unspecified atom stereocenters. The van der Waals surface area contributed by atoms with Crippen molar-refractivity contribution < 1.29 is 5.11 Å². The molecule has 1 aromatic carbocycles. The first-order valence-electron chi connectivity index (χ1n) is 5.83. The molecule has 0 saturated carbocycles. The summed E-state index contributed by atoms with van der Waals surface area (Å²) in [7, 11) is 2.06. The standard InChI is InChI=1S/C14H23NO/c1-10-6-11(2)14(12(3)7-10)8-15(5)13(4)9-16/h6-7,13,16H,8-9H2,1-5H3. The molecule has 1 aromatic rings. The van der Waals surface area contributed by atoms with E-state index in [1.165, 1.54) is 22.3 Å². The van der Waals surface area contributed by atoms with Crippen LogP contribution in [0.1, 0.15) is 29.2 Å². The largest absolute Gasteiger partial charge is 0.395 e. The summed E-state index contributed by atoms with van der Waals surface area (Å²) < 4.78 is 0. The summed E-state index contributed by atoms with van der Waals surface area (Å²) in [4.78, 5) is 2.19. The SMILES string of the molecule is Cc1cc(C)c(CN(C)C(C)CO)c(C)c1. The zero-order chi connectivity index (χ0) is 12.3. The van der Waals surface area contributed by atoms with Crippen LogP contribution in [0.15, 0.2) is 12.1 Å². The summed E-state index contributed by atoms with van der Waals surface area (Å²) in [6.07, 6.45) is 0. The first-order valence-corrected chi connectivity index (χ1v) is 5.83. The molecule has 16 heavy (non-hydrogen) atoms. The van der Waals surface area contributed by atoms with Crippen LogP contribution in [0.2, 0.25) is 0 Å². The van der Waals surface area contributed by atoms with E-state index in [-0.39, 0.29) is 12.6 Å². The topological polar surface area (TPSA) is 23.5 Å². The molecule has 1 atom stereocenters. The van der Waals surface area contributed by atoms with Crippen LogP contribution in [0, 0.1) is 20.8 Å². The van der Waals surface area contributed by atoms with Gasteiger partial charge in [0.05, 0.1) is 6.61 Å². The summed E-state index contributed by atoms with van der Waals surface area (Å²) in [5, 5.41) is 9.12. The molecule has 0 radical (unpaired) electrons. The van der Waals surface area contributed by atoms with E-state index in [0.29, 0.717) is 0 Å². The number of likely N-dealkylation sites (N-methyl/N-ethyl adjacent to an activating group) is 1. The summed E-state index contributed by atoms with van der Waals surface area (Å²) in [6, 6.07) is 4.65. The van der Waals surface area contributed by atoms with Gasteiger partial charge < -0.3 is 5.11 Å². The molecule has 0 aromatic heterocycles. The molecule has 90 valence electrons. The first-order chi connectivity index (χ1) is 7.45. The maximum Gasteiger partial charge on any atom is 0.0584 e. The highest BCUT2D eigenvalue weighted by molar-refractivity contribution is 5.37. The van der Waals surface area contributed by atoms with Gasteiger partial charge in [0.15, 0.2) is 0 Å². The van der Waals surface area contributed by atoms with Crippen LogP contribution in [0.3, 0.4) is 0 Å². The number of nitrogens with zero attached hydrogens (tertiary/aromatic N) is 1. The summed E-state index contributed by atoms with van der Waals surface area (Å²) >= 11 is 0. The highest BCUT2D eigenvalue weighted by atomic mass is 16.3. The molecule has 0 fully saturated rings. The van der Waals surface area contributed by atoms with Crippen LogP contribution in [-0.4, -0.2) is 29.7 Å². The highest BCUT2D eigenvalue weighted by Crippen LogP contribution is 2.18. The lowest BCUT2D eigenvalue weighted by molar-refractivity contribution is 0.153. The second-order valence-electron chi connectivity index (χ2n) is 4.82. The first kappa shape index (κ1) is 13.2. The average molecular weight is 221 g/mol. The Labute approximate surface area is 98.9 Å². The van der Waals surface area contributed by atoms with Crippen molar-refractivity contribution in [3.05, 3.63) is 34.4 Å². The van der Waals surface area contributed by atoms with Crippen LogP contribution < -0.4 is 0 Å². The third-order valence-electron chi connectivity index (χ3n) is 3.26. The average Bonchev–Trinajstić information content (AvgIpc) is 2.21. The van der Waals surface area contributed by atoms with Crippen molar-refractivity contribution >= 4 is 0 Å². The van der Waals surface area contributed by atoms with Crippen molar-refractivity contribution in [1.82, 2.24) is 4.90 Å².